The van der Waals surface area contributed by atoms with E-state index < -0.39 is 24.2 Å². The van der Waals surface area contributed by atoms with Gasteiger partial charge in [-0.2, -0.15) is 0 Å². The number of hydrogen-bond acceptors (Lipinski definition) is 5. The number of aliphatic hydroxyl groups excluding tert-OH is 2. The first-order valence-corrected chi connectivity index (χ1v) is 15.2. The molecule has 3 aromatic carbocycles. The molecule has 1 aliphatic heterocycles. The average molecular weight is 643 g/mol. The number of carbonyl (C=O) groups excluding carboxylic acids is 2. The van der Waals surface area contributed by atoms with Crippen molar-refractivity contribution in [2.75, 3.05) is 13.1 Å². The zero-order chi connectivity index (χ0) is 29.6. The summed E-state index contributed by atoms with van der Waals surface area (Å²) in [6, 6.07) is 22.3. The molecule has 0 saturated carbocycles. The number of halogens is 2. The van der Waals surface area contributed by atoms with Crippen LogP contribution in [-0.4, -0.2) is 64.3 Å². The lowest BCUT2D eigenvalue weighted by Crippen LogP contribution is -2.55. The van der Waals surface area contributed by atoms with Crippen LogP contribution in [0.4, 0.5) is 0 Å². The average Bonchev–Trinajstić information content (AvgIpc) is 3.60. The molecule has 0 bridgehead atoms. The topological polar surface area (TPSA) is 102 Å². The molecule has 4 N–H and O–H groups in total. The Morgan fingerprint density at radius 2 is 1.55 bits per heavy atom. The second-order valence-corrected chi connectivity index (χ2v) is 12.3. The fraction of sp³-hybridized carbons (Fsp3) is 0.429. The van der Waals surface area contributed by atoms with Gasteiger partial charge in [-0.1, -0.05) is 98.7 Å². The number of hydrogen-bond donors (Lipinski definition) is 4. The summed E-state index contributed by atoms with van der Waals surface area (Å²) in [4.78, 5) is 28.5. The molecule has 2 amide bonds. The minimum absolute atomic E-state index is 0. The summed E-state index contributed by atoms with van der Waals surface area (Å²) in [5.41, 5.74) is 4.41. The smallest absolute Gasteiger partial charge is 0.251 e. The SMILES string of the molecule is C.C.O=C(CC1Cc2ccccc2C1)NC(Cc1ccc(Cl)c(Cl)c1)C(O)C(O)C(=O)NC1CCN(Cc2ccccc2)C1. The minimum atomic E-state index is -1.73. The molecular weight excluding hydrogens is 597 g/mol. The number of nitrogens with one attached hydrogen (secondary N) is 2. The lowest BCUT2D eigenvalue weighted by atomic mass is 9.95. The number of benzene rings is 3. The zero-order valence-corrected chi connectivity index (χ0v) is 24.9. The second-order valence-electron chi connectivity index (χ2n) is 11.5. The fourth-order valence-corrected chi connectivity index (χ4v) is 6.42. The van der Waals surface area contributed by atoms with Crippen molar-refractivity contribution in [2.24, 2.45) is 5.92 Å². The van der Waals surface area contributed by atoms with E-state index in [1.165, 1.54) is 16.7 Å². The van der Waals surface area contributed by atoms with Gasteiger partial charge in [0.25, 0.3) is 5.91 Å². The van der Waals surface area contributed by atoms with Gasteiger partial charge in [0, 0.05) is 32.1 Å². The van der Waals surface area contributed by atoms with Crippen molar-refractivity contribution in [3.8, 4) is 0 Å². The maximum Gasteiger partial charge on any atom is 0.251 e. The summed E-state index contributed by atoms with van der Waals surface area (Å²) in [5.74, 6) is -0.745. The fourth-order valence-electron chi connectivity index (χ4n) is 6.10. The van der Waals surface area contributed by atoms with Gasteiger partial charge in [-0.3, -0.25) is 14.5 Å². The molecule has 1 saturated heterocycles. The van der Waals surface area contributed by atoms with E-state index in [4.69, 9.17) is 23.2 Å². The number of carbonyl (C=O) groups is 2. The molecular formula is C35H45Cl2N3O4. The highest BCUT2D eigenvalue weighted by Crippen LogP contribution is 2.29. The van der Waals surface area contributed by atoms with Crippen LogP contribution in [0.1, 0.15) is 49.9 Å². The van der Waals surface area contributed by atoms with E-state index in [1.54, 1.807) is 18.2 Å². The first-order chi connectivity index (χ1) is 20.2. The van der Waals surface area contributed by atoms with Crippen LogP contribution in [0.5, 0.6) is 0 Å². The van der Waals surface area contributed by atoms with E-state index >= 15 is 0 Å². The largest absolute Gasteiger partial charge is 0.388 e. The first-order valence-electron chi connectivity index (χ1n) is 14.5. The second kappa shape index (κ2) is 16.4. The molecule has 2 aliphatic rings. The number of aliphatic hydroxyl groups is 2. The van der Waals surface area contributed by atoms with Crippen molar-refractivity contribution in [1.82, 2.24) is 15.5 Å². The summed E-state index contributed by atoms with van der Waals surface area (Å²) >= 11 is 12.3. The Kier molecular flexibility index (Phi) is 13.2. The van der Waals surface area contributed by atoms with Crippen molar-refractivity contribution in [2.45, 2.75) is 77.8 Å². The lowest BCUT2D eigenvalue weighted by Gasteiger charge is -2.28. The number of nitrogens with zero attached hydrogens (tertiary/aromatic N) is 1. The van der Waals surface area contributed by atoms with Crippen LogP contribution in [0, 0.1) is 5.92 Å². The molecule has 0 spiro atoms. The molecule has 3 aromatic rings. The molecule has 238 valence electrons. The van der Waals surface area contributed by atoms with Gasteiger partial charge in [0.05, 0.1) is 16.1 Å². The quantitative estimate of drug-likeness (QED) is 0.230. The Labute approximate surface area is 271 Å². The number of likely N-dealkylation sites (tertiary alicyclic amines) is 1. The summed E-state index contributed by atoms with van der Waals surface area (Å²) in [5, 5.41) is 28.7. The van der Waals surface area contributed by atoms with Crippen molar-refractivity contribution in [3.05, 3.63) is 105 Å². The monoisotopic (exact) mass is 641 g/mol. The highest BCUT2D eigenvalue weighted by molar-refractivity contribution is 6.42. The molecule has 0 aromatic heterocycles. The molecule has 4 atom stereocenters. The van der Waals surface area contributed by atoms with Crippen LogP contribution < -0.4 is 10.6 Å². The maximum atomic E-state index is 13.2. The summed E-state index contributed by atoms with van der Waals surface area (Å²) in [6.45, 7) is 2.25. The van der Waals surface area contributed by atoms with Gasteiger partial charge in [-0.15, -0.1) is 0 Å². The van der Waals surface area contributed by atoms with E-state index in [9.17, 15) is 19.8 Å². The van der Waals surface area contributed by atoms with E-state index in [-0.39, 0.29) is 45.6 Å². The van der Waals surface area contributed by atoms with Crippen molar-refractivity contribution >= 4 is 35.0 Å². The van der Waals surface area contributed by atoms with E-state index in [1.807, 2.05) is 30.3 Å². The van der Waals surface area contributed by atoms with Crippen molar-refractivity contribution in [3.63, 3.8) is 0 Å². The first kappa shape index (κ1) is 35.5. The van der Waals surface area contributed by atoms with Crippen molar-refractivity contribution in [1.29, 1.82) is 0 Å². The zero-order valence-electron chi connectivity index (χ0n) is 23.4. The van der Waals surface area contributed by atoms with E-state index in [0.717, 1.165) is 32.4 Å². The highest BCUT2D eigenvalue weighted by Gasteiger charge is 2.35. The van der Waals surface area contributed by atoms with Crippen molar-refractivity contribution < 1.29 is 19.8 Å². The standard InChI is InChI=1S/C33H37Cl2N3O4.2CH4/c34-27-11-10-22(16-28(27)35)17-29(37-30(39)18-23-14-24-8-4-5-9-25(24)15-23)31(40)32(41)33(42)36-26-12-13-38(20-26)19-21-6-2-1-3-7-21;;/h1-11,16,23,26,29,31-32,40-41H,12-15,17-20H2,(H,36,42)(H,37,39);2*1H4. The predicted octanol–water partition coefficient (Wildman–Crippen LogP) is 5.21. The molecule has 7 nitrogen and oxygen atoms in total. The molecule has 44 heavy (non-hydrogen) atoms. The van der Waals surface area contributed by atoms with Crippen LogP contribution >= 0.6 is 23.2 Å². The van der Waals surface area contributed by atoms with Gasteiger partial charge in [0.15, 0.2) is 6.10 Å². The number of fused-ring (bicyclic) bond motifs is 1. The van der Waals surface area contributed by atoms with E-state index in [2.05, 4.69) is 39.8 Å². The summed E-state index contributed by atoms with van der Waals surface area (Å²) in [6.07, 6.45) is -0.444. The molecule has 5 rings (SSSR count). The minimum Gasteiger partial charge on any atom is -0.388 e. The van der Waals surface area contributed by atoms with Gasteiger partial charge in [-0.05, 0) is 66.0 Å². The summed E-state index contributed by atoms with van der Waals surface area (Å²) < 4.78 is 0. The van der Waals surface area contributed by atoms with Crippen LogP contribution in [0.15, 0.2) is 72.8 Å². The molecule has 1 heterocycles. The molecule has 1 fully saturated rings. The van der Waals surface area contributed by atoms with Gasteiger partial charge in [0.1, 0.15) is 6.10 Å². The van der Waals surface area contributed by atoms with Gasteiger partial charge < -0.3 is 20.8 Å². The van der Waals surface area contributed by atoms with Crippen LogP contribution in [0.25, 0.3) is 0 Å². The normalized spacial score (nSPS) is 18.3. The van der Waals surface area contributed by atoms with Crippen LogP contribution in [-0.2, 0) is 35.4 Å². The van der Waals surface area contributed by atoms with E-state index in [0.29, 0.717) is 22.2 Å². The third-order valence-corrected chi connectivity index (χ3v) is 9.01. The highest BCUT2D eigenvalue weighted by atomic mass is 35.5. The van der Waals surface area contributed by atoms with Crippen LogP contribution in [0.2, 0.25) is 10.0 Å². The molecule has 1 aliphatic carbocycles. The lowest BCUT2D eigenvalue weighted by molar-refractivity contribution is -0.138. The third-order valence-electron chi connectivity index (χ3n) is 8.27. The van der Waals surface area contributed by atoms with Gasteiger partial charge in [-0.25, -0.2) is 0 Å². The summed E-state index contributed by atoms with van der Waals surface area (Å²) in [7, 11) is 0. The Balaban J connectivity index is 0.00000264. The number of rotatable bonds is 11. The van der Waals surface area contributed by atoms with Gasteiger partial charge in [0.2, 0.25) is 5.91 Å². The molecule has 4 unspecified atom stereocenters. The third kappa shape index (κ3) is 9.29. The number of amides is 2. The Bertz CT molecular complexity index is 1360. The van der Waals surface area contributed by atoms with Gasteiger partial charge >= 0.3 is 0 Å². The predicted molar refractivity (Wildman–Crippen MR) is 178 cm³/mol. The Morgan fingerprint density at radius 1 is 0.886 bits per heavy atom. The Hall–Kier alpha value is -2.94. The molecule has 0 radical (unpaired) electrons. The maximum absolute atomic E-state index is 13.2. The van der Waals surface area contributed by atoms with Crippen LogP contribution in [0.3, 0.4) is 0 Å². The molecule has 9 heteroatoms. The Morgan fingerprint density at radius 3 is 2.20 bits per heavy atom.